The van der Waals surface area contributed by atoms with E-state index in [0.29, 0.717) is 0 Å². The molecule has 0 radical (unpaired) electrons. The summed E-state index contributed by atoms with van der Waals surface area (Å²) in [6.07, 6.45) is 1.74. The molecule has 0 saturated heterocycles. The van der Waals surface area contributed by atoms with Crippen LogP contribution in [0.3, 0.4) is 0 Å². The van der Waals surface area contributed by atoms with E-state index in [1.54, 1.807) is 6.20 Å². The van der Waals surface area contributed by atoms with Crippen LogP contribution in [0.1, 0.15) is 28.4 Å². The second-order valence-electron chi connectivity index (χ2n) is 3.50. The van der Waals surface area contributed by atoms with Gasteiger partial charge in [0.15, 0.2) is 0 Å². The highest BCUT2D eigenvalue weighted by molar-refractivity contribution is 7.12. The van der Waals surface area contributed by atoms with E-state index >= 15 is 0 Å². The van der Waals surface area contributed by atoms with Crippen molar-refractivity contribution >= 4 is 11.3 Å². The van der Waals surface area contributed by atoms with Crippen LogP contribution in [0.2, 0.25) is 0 Å². The standard InChI is InChI=1S/C11H12N4S/c1-8(11-3-2-10(6-12)16-11)13-7-9-4-5-14-15-9/h2-5,8,13H,7H2,1H3,(H,14,15). The summed E-state index contributed by atoms with van der Waals surface area (Å²) in [6, 6.07) is 8.18. The van der Waals surface area contributed by atoms with Crippen LogP contribution in [0, 0.1) is 11.3 Å². The van der Waals surface area contributed by atoms with Gasteiger partial charge in [0.2, 0.25) is 0 Å². The molecule has 0 aromatic carbocycles. The zero-order chi connectivity index (χ0) is 11.4. The van der Waals surface area contributed by atoms with Crippen molar-refractivity contribution in [2.75, 3.05) is 0 Å². The van der Waals surface area contributed by atoms with Crippen molar-refractivity contribution in [3.05, 3.63) is 39.8 Å². The number of aromatic amines is 1. The molecule has 0 aliphatic carbocycles. The summed E-state index contributed by atoms with van der Waals surface area (Å²) in [5, 5.41) is 18.9. The molecule has 2 aromatic heterocycles. The van der Waals surface area contributed by atoms with E-state index in [0.717, 1.165) is 17.1 Å². The maximum Gasteiger partial charge on any atom is 0.110 e. The van der Waals surface area contributed by atoms with Crippen molar-refractivity contribution in [3.8, 4) is 6.07 Å². The van der Waals surface area contributed by atoms with E-state index in [1.165, 1.54) is 16.2 Å². The van der Waals surface area contributed by atoms with E-state index in [9.17, 15) is 0 Å². The van der Waals surface area contributed by atoms with Gasteiger partial charge in [0.05, 0.1) is 0 Å². The van der Waals surface area contributed by atoms with Crippen molar-refractivity contribution in [1.82, 2.24) is 15.5 Å². The maximum absolute atomic E-state index is 8.74. The first-order valence-corrected chi connectivity index (χ1v) is 5.82. The molecule has 0 amide bonds. The first-order valence-electron chi connectivity index (χ1n) is 5.01. The minimum Gasteiger partial charge on any atom is -0.304 e. The summed E-state index contributed by atoms with van der Waals surface area (Å²) >= 11 is 1.53. The molecular weight excluding hydrogens is 220 g/mol. The molecule has 2 N–H and O–H groups in total. The van der Waals surface area contributed by atoms with Gasteiger partial charge in [0.1, 0.15) is 10.9 Å². The average Bonchev–Trinajstić information content (AvgIpc) is 2.96. The largest absolute Gasteiger partial charge is 0.304 e. The van der Waals surface area contributed by atoms with Gasteiger partial charge >= 0.3 is 0 Å². The Bertz CT molecular complexity index is 480. The number of aromatic nitrogens is 2. The molecule has 0 aliphatic heterocycles. The zero-order valence-corrected chi connectivity index (χ0v) is 9.71. The third-order valence-corrected chi connectivity index (χ3v) is 3.49. The minimum absolute atomic E-state index is 0.246. The lowest BCUT2D eigenvalue weighted by molar-refractivity contribution is 0.575. The summed E-state index contributed by atoms with van der Waals surface area (Å²) in [4.78, 5) is 1.93. The lowest BCUT2D eigenvalue weighted by Gasteiger charge is -2.10. The van der Waals surface area contributed by atoms with Crippen LogP contribution in [0.15, 0.2) is 24.4 Å². The molecule has 0 saturated carbocycles. The number of H-pyrrole nitrogens is 1. The molecule has 16 heavy (non-hydrogen) atoms. The molecule has 1 atom stereocenters. The monoisotopic (exact) mass is 232 g/mol. The van der Waals surface area contributed by atoms with Crippen LogP contribution in [-0.4, -0.2) is 10.2 Å². The summed E-state index contributed by atoms with van der Waals surface area (Å²) < 4.78 is 0. The van der Waals surface area contributed by atoms with Crippen LogP contribution in [0.5, 0.6) is 0 Å². The molecule has 0 spiro atoms. The van der Waals surface area contributed by atoms with Gasteiger partial charge in [-0.3, -0.25) is 5.10 Å². The van der Waals surface area contributed by atoms with Crippen LogP contribution < -0.4 is 5.32 Å². The number of rotatable bonds is 4. The van der Waals surface area contributed by atoms with Crippen LogP contribution in [0.4, 0.5) is 0 Å². The van der Waals surface area contributed by atoms with Crippen LogP contribution in [-0.2, 0) is 6.54 Å². The predicted molar refractivity (Wildman–Crippen MR) is 62.9 cm³/mol. The van der Waals surface area contributed by atoms with E-state index < -0.39 is 0 Å². The van der Waals surface area contributed by atoms with Gasteiger partial charge < -0.3 is 5.32 Å². The Morgan fingerprint density at radius 1 is 1.56 bits per heavy atom. The van der Waals surface area contributed by atoms with Gasteiger partial charge in [0.25, 0.3) is 0 Å². The highest BCUT2D eigenvalue weighted by Gasteiger charge is 2.08. The summed E-state index contributed by atoms with van der Waals surface area (Å²) in [7, 11) is 0. The zero-order valence-electron chi connectivity index (χ0n) is 8.90. The molecule has 1 unspecified atom stereocenters. The Balaban J connectivity index is 1.93. The van der Waals surface area contributed by atoms with Gasteiger partial charge in [-0.15, -0.1) is 11.3 Å². The van der Waals surface area contributed by atoms with E-state index in [4.69, 9.17) is 5.26 Å². The third-order valence-electron chi connectivity index (χ3n) is 2.32. The molecule has 0 aliphatic rings. The lowest BCUT2D eigenvalue weighted by Crippen LogP contribution is -2.17. The molecule has 82 valence electrons. The maximum atomic E-state index is 8.74. The van der Waals surface area contributed by atoms with E-state index in [1.807, 2.05) is 18.2 Å². The van der Waals surface area contributed by atoms with Gasteiger partial charge in [-0.1, -0.05) is 0 Å². The quantitative estimate of drug-likeness (QED) is 0.849. The number of nitrogens with zero attached hydrogens (tertiary/aromatic N) is 2. The summed E-state index contributed by atoms with van der Waals surface area (Å²) in [5.41, 5.74) is 1.06. The first kappa shape index (κ1) is 10.9. The fraction of sp³-hybridized carbons (Fsp3) is 0.273. The van der Waals surface area contributed by atoms with Crippen molar-refractivity contribution in [2.24, 2.45) is 0 Å². The van der Waals surface area contributed by atoms with Crippen molar-refractivity contribution in [3.63, 3.8) is 0 Å². The Labute approximate surface area is 97.9 Å². The Kier molecular flexibility index (Phi) is 3.34. The average molecular weight is 232 g/mol. The Hall–Kier alpha value is -1.64. The number of hydrogen-bond donors (Lipinski definition) is 2. The number of nitriles is 1. The lowest BCUT2D eigenvalue weighted by atomic mass is 10.2. The van der Waals surface area contributed by atoms with Gasteiger partial charge in [-0.2, -0.15) is 10.4 Å². The van der Waals surface area contributed by atoms with Gasteiger partial charge in [-0.05, 0) is 25.1 Å². The van der Waals surface area contributed by atoms with Crippen molar-refractivity contribution in [2.45, 2.75) is 19.5 Å². The SMILES string of the molecule is CC(NCc1ccn[nH]1)c1ccc(C#N)s1. The topological polar surface area (TPSA) is 64.5 Å². The van der Waals surface area contributed by atoms with Crippen LogP contribution in [0.25, 0.3) is 0 Å². The number of thiophene rings is 1. The van der Waals surface area contributed by atoms with Gasteiger partial charge in [0, 0.05) is 29.4 Å². The first-order chi connectivity index (χ1) is 7.79. The number of nitrogens with one attached hydrogen (secondary N) is 2. The van der Waals surface area contributed by atoms with Crippen molar-refractivity contribution < 1.29 is 0 Å². The van der Waals surface area contributed by atoms with Crippen molar-refractivity contribution in [1.29, 1.82) is 5.26 Å². The highest BCUT2D eigenvalue weighted by Crippen LogP contribution is 2.22. The van der Waals surface area contributed by atoms with Crippen LogP contribution >= 0.6 is 11.3 Å². The fourth-order valence-corrected chi connectivity index (χ4v) is 2.22. The minimum atomic E-state index is 0.246. The summed E-state index contributed by atoms with van der Waals surface area (Å²) in [6.45, 7) is 2.84. The molecule has 5 heteroatoms. The second-order valence-corrected chi connectivity index (χ2v) is 4.61. The smallest absolute Gasteiger partial charge is 0.110 e. The van der Waals surface area contributed by atoms with Gasteiger partial charge in [-0.25, -0.2) is 0 Å². The summed E-state index contributed by atoms with van der Waals surface area (Å²) in [5.74, 6) is 0. The molecule has 0 fully saturated rings. The molecule has 2 aromatic rings. The Morgan fingerprint density at radius 3 is 3.06 bits per heavy atom. The molecule has 2 rings (SSSR count). The predicted octanol–water partition coefficient (Wildman–Crippen LogP) is 2.19. The van der Waals surface area contributed by atoms with E-state index in [2.05, 4.69) is 28.5 Å². The number of hydrogen-bond acceptors (Lipinski definition) is 4. The fourth-order valence-electron chi connectivity index (χ4n) is 1.39. The third kappa shape index (κ3) is 2.48. The molecule has 0 bridgehead atoms. The highest BCUT2D eigenvalue weighted by atomic mass is 32.1. The molecular formula is C11H12N4S. The normalized spacial score (nSPS) is 12.2. The Morgan fingerprint density at radius 2 is 2.44 bits per heavy atom. The second kappa shape index (κ2) is 4.92. The molecule has 4 nitrogen and oxygen atoms in total. The van der Waals surface area contributed by atoms with E-state index in [-0.39, 0.29) is 6.04 Å². The molecule has 2 heterocycles.